The molecule has 5 nitrogen and oxygen atoms in total. The molecule has 0 spiro atoms. The number of hydrogen-bond acceptors (Lipinski definition) is 3. The maximum atomic E-state index is 11.5. The molecule has 0 amide bonds. The SMILES string of the molecule is C=CC(=O)CCC1(C(=O)O)CCCCC1C(=O)O. The Kier molecular flexibility index (Phi) is 4.64. The number of allylic oxidation sites excluding steroid dienone is 1. The van der Waals surface area contributed by atoms with Gasteiger partial charge in [-0.2, -0.15) is 0 Å². The Labute approximate surface area is 105 Å². The van der Waals surface area contributed by atoms with Gasteiger partial charge >= 0.3 is 11.9 Å². The maximum absolute atomic E-state index is 11.5. The molecule has 1 saturated carbocycles. The van der Waals surface area contributed by atoms with Crippen molar-refractivity contribution in [3.63, 3.8) is 0 Å². The Bertz CT molecular complexity index is 374. The third kappa shape index (κ3) is 2.78. The lowest BCUT2D eigenvalue weighted by Gasteiger charge is -2.38. The van der Waals surface area contributed by atoms with Crippen molar-refractivity contribution in [2.75, 3.05) is 0 Å². The van der Waals surface area contributed by atoms with Crippen LogP contribution >= 0.6 is 0 Å². The third-order valence-corrected chi connectivity index (χ3v) is 3.80. The van der Waals surface area contributed by atoms with Crippen LogP contribution < -0.4 is 0 Å². The van der Waals surface area contributed by atoms with Gasteiger partial charge in [0.2, 0.25) is 0 Å². The first kappa shape index (κ1) is 14.4. The molecule has 18 heavy (non-hydrogen) atoms. The molecule has 1 fully saturated rings. The second-order valence-corrected chi connectivity index (χ2v) is 4.77. The van der Waals surface area contributed by atoms with Crippen LogP contribution in [0, 0.1) is 11.3 Å². The van der Waals surface area contributed by atoms with Gasteiger partial charge in [0.15, 0.2) is 5.78 Å². The zero-order chi connectivity index (χ0) is 13.8. The summed E-state index contributed by atoms with van der Waals surface area (Å²) in [7, 11) is 0. The summed E-state index contributed by atoms with van der Waals surface area (Å²) < 4.78 is 0. The summed E-state index contributed by atoms with van der Waals surface area (Å²) in [6, 6.07) is 0. The number of carbonyl (C=O) groups is 3. The van der Waals surface area contributed by atoms with Crippen LogP contribution in [0.5, 0.6) is 0 Å². The molecule has 0 bridgehead atoms. The zero-order valence-corrected chi connectivity index (χ0v) is 10.2. The molecule has 2 unspecified atom stereocenters. The summed E-state index contributed by atoms with van der Waals surface area (Å²) in [5.41, 5.74) is -1.30. The van der Waals surface area contributed by atoms with E-state index in [1.165, 1.54) is 0 Å². The summed E-state index contributed by atoms with van der Waals surface area (Å²) in [5, 5.41) is 18.6. The van der Waals surface area contributed by atoms with E-state index in [1.54, 1.807) is 0 Å². The summed E-state index contributed by atoms with van der Waals surface area (Å²) in [4.78, 5) is 33.9. The summed E-state index contributed by atoms with van der Waals surface area (Å²) >= 11 is 0. The molecule has 2 N–H and O–H groups in total. The first-order chi connectivity index (χ1) is 8.44. The molecule has 0 aromatic rings. The summed E-state index contributed by atoms with van der Waals surface area (Å²) in [6.07, 6.45) is 3.37. The van der Waals surface area contributed by atoms with E-state index in [-0.39, 0.29) is 18.6 Å². The van der Waals surface area contributed by atoms with Crippen LogP contribution in [0.1, 0.15) is 38.5 Å². The smallest absolute Gasteiger partial charge is 0.310 e. The number of ketones is 1. The van der Waals surface area contributed by atoms with Crippen molar-refractivity contribution in [1.82, 2.24) is 0 Å². The molecule has 1 rings (SSSR count). The number of carboxylic acid groups (broad SMARTS) is 2. The Morgan fingerprint density at radius 1 is 1.28 bits per heavy atom. The molecule has 2 atom stereocenters. The second-order valence-electron chi connectivity index (χ2n) is 4.77. The third-order valence-electron chi connectivity index (χ3n) is 3.80. The number of rotatable bonds is 6. The predicted octanol–water partition coefficient (Wildman–Crippen LogP) is 1.87. The first-order valence-corrected chi connectivity index (χ1v) is 6.05. The summed E-state index contributed by atoms with van der Waals surface area (Å²) in [5.74, 6) is -3.33. The average molecular weight is 254 g/mol. The van der Waals surface area contributed by atoms with E-state index in [4.69, 9.17) is 0 Å². The van der Waals surface area contributed by atoms with Crippen molar-refractivity contribution in [3.05, 3.63) is 12.7 Å². The van der Waals surface area contributed by atoms with Gasteiger partial charge in [-0.25, -0.2) is 0 Å². The van der Waals surface area contributed by atoms with Crippen molar-refractivity contribution in [2.24, 2.45) is 11.3 Å². The normalized spacial score (nSPS) is 27.4. The molecule has 100 valence electrons. The molecule has 1 aliphatic rings. The van der Waals surface area contributed by atoms with Crippen LogP contribution in [0.4, 0.5) is 0 Å². The summed E-state index contributed by atoms with van der Waals surface area (Å²) in [6.45, 7) is 3.33. The van der Waals surface area contributed by atoms with E-state index in [0.29, 0.717) is 19.3 Å². The van der Waals surface area contributed by atoms with Crippen LogP contribution in [-0.2, 0) is 14.4 Å². The topological polar surface area (TPSA) is 91.7 Å². The number of carbonyl (C=O) groups excluding carboxylic acids is 1. The lowest BCUT2D eigenvalue weighted by molar-refractivity contribution is -0.167. The fraction of sp³-hybridized carbons (Fsp3) is 0.615. The van der Waals surface area contributed by atoms with Crippen molar-refractivity contribution in [2.45, 2.75) is 38.5 Å². The molecule has 0 aromatic carbocycles. The van der Waals surface area contributed by atoms with Gasteiger partial charge in [0, 0.05) is 6.42 Å². The van der Waals surface area contributed by atoms with Gasteiger partial charge in [-0.15, -0.1) is 0 Å². The molecule has 0 aromatic heterocycles. The molecule has 0 saturated heterocycles. The van der Waals surface area contributed by atoms with E-state index >= 15 is 0 Å². The minimum atomic E-state index is -1.30. The van der Waals surface area contributed by atoms with E-state index in [0.717, 1.165) is 12.5 Å². The molecule has 0 heterocycles. The Morgan fingerprint density at radius 3 is 2.44 bits per heavy atom. The van der Waals surface area contributed by atoms with Crippen molar-refractivity contribution in [1.29, 1.82) is 0 Å². The highest BCUT2D eigenvalue weighted by molar-refractivity contribution is 5.90. The Morgan fingerprint density at radius 2 is 1.94 bits per heavy atom. The van der Waals surface area contributed by atoms with Gasteiger partial charge in [0.1, 0.15) is 0 Å². The van der Waals surface area contributed by atoms with E-state index < -0.39 is 23.3 Å². The highest BCUT2D eigenvalue weighted by Gasteiger charge is 2.50. The van der Waals surface area contributed by atoms with Crippen LogP contribution in [-0.4, -0.2) is 27.9 Å². The minimum Gasteiger partial charge on any atom is -0.481 e. The van der Waals surface area contributed by atoms with E-state index in [9.17, 15) is 24.6 Å². The van der Waals surface area contributed by atoms with Gasteiger partial charge in [-0.1, -0.05) is 19.4 Å². The van der Waals surface area contributed by atoms with Crippen molar-refractivity contribution >= 4 is 17.7 Å². The molecular formula is C13H18O5. The fourth-order valence-electron chi connectivity index (χ4n) is 2.71. The first-order valence-electron chi connectivity index (χ1n) is 6.05. The van der Waals surface area contributed by atoms with Crippen LogP contribution in [0.2, 0.25) is 0 Å². The van der Waals surface area contributed by atoms with Gasteiger partial charge in [-0.05, 0) is 25.3 Å². The van der Waals surface area contributed by atoms with Crippen LogP contribution in [0.15, 0.2) is 12.7 Å². The molecule has 1 aliphatic carbocycles. The van der Waals surface area contributed by atoms with Crippen molar-refractivity contribution in [3.8, 4) is 0 Å². The number of hydrogen-bond donors (Lipinski definition) is 2. The number of aliphatic carboxylic acids is 2. The van der Waals surface area contributed by atoms with Gasteiger partial charge in [0.05, 0.1) is 11.3 Å². The van der Waals surface area contributed by atoms with Crippen LogP contribution in [0.3, 0.4) is 0 Å². The highest BCUT2D eigenvalue weighted by Crippen LogP contribution is 2.45. The predicted molar refractivity (Wildman–Crippen MR) is 64.1 cm³/mol. The highest BCUT2D eigenvalue weighted by atomic mass is 16.4. The lowest BCUT2D eigenvalue weighted by atomic mass is 9.63. The quantitative estimate of drug-likeness (QED) is 0.706. The van der Waals surface area contributed by atoms with Gasteiger partial charge in [-0.3, -0.25) is 14.4 Å². The lowest BCUT2D eigenvalue weighted by Crippen LogP contribution is -2.45. The van der Waals surface area contributed by atoms with Gasteiger partial charge < -0.3 is 10.2 Å². The van der Waals surface area contributed by atoms with Crippen LogP contribution in [0.25, 0.3) is 0 Å². The standard InChI is InChI=1S/C13H18O5/c1-2-9(14)6-8-13(12(17)18)7-4-3-5-10(13)11(15)16/h2,10H,1,3-8H2,(H,15,16)(H,17,18). The van der Waals surface area contributed by atoms with Gasteiger partial charge in [0.25, 0.3) is 0 Å². The second kappa shape index (κ2) is 5.80. The Balaban J connectivity index is 2.95. The molecular weight excluding hydrogens is 236 g/mol. The van der Waals surface area contributed by atoms with E-state index in [1.807, 2.05) is 0 Å². The minimum absolute atomic E-state index is 0.0413. The molecule has 0 aliphatic heterocycles. The van der Waals surface area contributed by atoms with E-state index in [2.05, 4.69) is 6.58 Å². The maximum Gasteiger partial charge on any atom is 0.310 e. The monoisotopic (exact) mass is 254 g/mol. The number of carboxylic acids is 2. The van der Waals surface area contributed by atoms with Crippen molar-refractivity contribution < 1.29 is 24.6 Å². The average Bonchev–Trinajstić information content (AvgIpc) is 2.35. The zero-order valence-electron chi connectivity index (χ0n) is 10.2. The molecule has 0 radical (unpaired) electrons. The largest absolute Gasteiger partial charge is 0.481 e. The Hall–Kier alpha value is -1.65. The fourth-order valence-corrected chi connectivity index (χ4v) is 2.71. The molecule has 5 heteroatoms.